The van der Waals surface area contributed by atoms with Crippen LogP contribution in [0, 0.1) is 6.92 Å². The second kappa shape index (κ2) is 3.85. The average Bonchev–Trinajstić information content (AvgIpc) is 2.09. The maximum absolute atomic E-state index is 5.18. The first kappa shape index (κ1) is 8.71. The molecule has 0 saturated heterocycles. The Balaban J connectivity index is 2.96. The number of ether oxygens (including phenoxy) is 1. The van der Waals surface area contributed by atoms with Crippen molar-refractivity contribution in [3.05, 3.63) is 24.2 Å². The monoisotopic (exact) mass is 164 g/mol. The highest BCUT2D eigenvalue weighted by Gasteiger charge is 1.99. The molecule has 12 heavy (non-hydrogen) atoms. The van der Waals surface area contributed by atoms with Crippen molar-refractivity contribution in [1.29, 1.82) is 0 Å². The molecule has 0 N–H and O–H groups in total. The quantitative estimate of drug-likeness (QED) is 0.683. The van der Waals surface area contributed by atoms with E-state index in [4.69, 9.17) is 4.74 Å². The Bertz CT molecular complexity index is 284. The van der Waals surface area contributed by atoms with E-state index in [1.54, 1.807) is 12.3 Å². The molecule has 0 aromatic carbocycles. The molecule has 0 saturated carbocycles. The molecule has 3 heteroatoms. The Kier molecular flexibility index (Phi) is 2.80. The molecule has 1 aromatic rings. The largest absolute Gasteiger partial charge is 0.477 e. The van der Waals surface area contributed by atoms with Gasteiger partial charge in [0, 0.05) is 0 Å². The summed E-state index contributed by atoms with van der Waals surface area (Å²) in [6.07, 6.45) is 3.29. The molecular formula is C9H12N2O. The molecule has 0 aliphatic carbocycles. The number of hydrogen-bond acceptors (Lipinski definition) is 3. The lowest BCUT2D eigenvalue weighted by Gasteiger charge is -2.03. The third-order valence-electron chi connectivity index (χ3n) is 1.46. The zero-order valence-corrected chi connectivity index (χ0v) is 7.37. The van der Waals surface area contributed by atoms with Gasteiger partial charge in [-0.15, -0.1) is 0 Å². The molecule has 0 amide bonds. The third-order valence-corrected chi connectivity index (χ3v) is 1.46. The van der Waals surface area contributed by atoms with E-state index in [9.17, 15) is 0 Å². The van der Waals surface area contributed by atoms with Crippen molar-refractivity contribution in [2.75, 3.05) is 6.61 Å². The van der Waals surface area contributed by atoms with Crippen LogP contribution in [-0.2, 0) is 0 Å². The van der Waals surface area contributed by atoms with Crippen LogP contribution in [0.2, 0.25) is 0 Å². The molecule has 0 unspecified atom stereocenters. The van der Waals surface area contributed by atoms with Crippen molar-refractivity contribution in [1.82, 2.24) is 9.97 Å². The standard InChI is InChI=1S/C9H12N2O/c1-4-8-7(3)10-6-9(11-8)12-5-2/h4,6H,1,5H2,2-3H3. The van der Waals surface area contributed by atoms with Crippen LogP contribution in [0.5, 0.6) is 5.88 Å². The number of nitrogens with zero attached hydrogens (tertiary/aromatic N) is 2. The normalized spacial score (nSPS) is 9.50. The summed E-state index contributed by atoms with van der Waals surface area (Å²) in [5.74, 6) is 0.554. The molecule has 1 heterocycles. The Labute approximate surface area is 72.1 Å². The first-order chi connectivity index (χ1) is 5.77. The fourth-order valence-electron chi connectivity index (χ4n) is 0.857. The number of rotatable bonds is 3. The van der Waals surface area contributed by atoms with E-state index in [-0.39, 0.29) is 0 Å². The van der Waals surface area contributed by atoms with E-state index in [1.807, 2.05) is 13.8 Å². The topological polar surface area (TPSA) is 35.0 Å². The van der Waals surface area contributed by atoms with Gasteiger partial charge in [0.1, 0.15) is 0 Å². The zero-order chi connectivity index (χ0) is 8.97. The van der Waals surface area contributed by atoms with Gasteiger partial charge in [-0.2, -0.15) is 0 Å². The van der Waals surface area contributed by atoms with Gasteiger partial charge in [-0.1, -0.05) is 6.58 Å². The van der Waals surface area contributed by atoms with Gasteiger partial charge in [-0.25, -0.2) is 4.98 Å². The van der Waals surface area contributed by atoms with Crippen molar-refractivity contribution >= 4 is 6.08 Å². The van der Waals surface area contributed by atoms with Gasteiger partial charge in [-0.05, 0) is 19.9 Å². The molecule has 1 aromatic heterocycles. The lowest BCUT2D eigenvalue weighted by atomic mass is 10.3. The Morgan fingerprint density at radius 3 is 3.00 bits per heavy atom. The van der Waals surface area contributed by atoms with Crippen LogP contribution in [0.4, 0.5) is 0 Å². The number of aryl methyl sites for hydroxylation is 1. The molecule has 0 atom stereocenters. The van der Waals surface area contributed by atoms with E-state index in [0.717, 1.165) is 11.4 Å². The van der Waals surface area contributed by atoms with Crippen LogP contribution in [0.3, 0.4) is 0 Å². The van der Waals surface area contributed by atoms with E-state index in [0.29, 0.717) is 12.5 Å². The predicted octanol–water partition coefficient (Wildman–Crippen LogP) is 1.83. The summed E-state index contributed by atoms with van der Waals surface area (Å²) >= 11 is 0. The predicted molar refractivity (Wildman–Crippen MR) is 48.0 cm³/mol. The van der Waals surface area contributed by atoms with Gasteiger partial charge in [0.15, 0.2) is 0 Å². The van der Waals surface area contributed by atoms with Crippen molar-refractivity contribution < 1.29 is 4.74 Å². The summed E-state index contributed by atoms with van der Waals surface area (Å²) in [4.78, 5) is 8.29. The number of aromatic nitrogens is 2. The van der Waals surface area contributed by atoms with Crippen LogP contribution < -0.4 is 4.74 Å². The molecule has 3 nitrogen and oxygen atoms in total. The van der Waals surface area contributed by atoms with Gasteiger partial charge in [0.2, 0.25) is 5.88 Å². The lowest BCUT2D eigenvalue weighted by molar-refractivity contribution is 0.325. The highest BCUT2D eigenvalue weighted by atomic mass is 16.5. The summed E-state index contributed by atoms with van der Waals surface area (Å²) in [5.41, 5.74) is 1.65. The minimum absolute atomic E-state index is 0.554. The highest BCUT2D eigenvalue weighted by Crippen LogP contribution is 2.09. The highest BCUT2D eigenvalue weighted by molar-refractivity contribution is 5.44. The van der Waals surface area contributed by atoms with Crippen LogP contribution in [-0.4, -0.2) is 16.6 Å². The average molecular weight is 164 g/mol. The fraction of sp³-hybridized carbons (Fsp3) is 0.333. The fourth-order valence-corrected chi connectivity index (χ4v) is 0.857. The SMILES string of the molecule is C=Cc1nc(OCC)cnc1C. The van der Waals surface area contributed by atoms with Crippen LogP contribution in [0.15, 0.2) is 12.8 Å². The summed E-state index contributed by atoms with van der Waals surface area (Å²) in [7, 11) is 0. The first-order valence-electron chi connectivity index (χ1n) is 3.86. The summed E-state index contributed by atoms with van der Waals surface area (Å²) in [6, 6.07) is 0. The van der Waals surface area contributed by atoms with Gasteiger partial charge in [0.25, 0.3) is 0 Å². The Morgan fingerprint density at radius 1 is 1.67 bits per heavy atom. The molecule has 64 valence electrons. The first-order valence-corrected chi connectivity index (χ1v) is 3.86. The van der Waals surface area contributed by atoms with Gasteiger partial charge in [0.05, 0.1) is 24.2 Å². The molecule has 1 rings (SSSR count). The summed E-state index contributed by atoms with van der Waals surface area (Å²) in [6.45, 7) is 8.04. The maximum Gasteiger partial charge on any atom is 0.232 e. The Hall–Kier alpha value is -1.38. The summed E-state index contributed by atoms with van der Waals surface area (Å²) in [5, 5.41) is 0. The minimum Gasteiger partial charge on any atom is -0.477 e. The molecule has 0 spiro atoms. The second-order valence-electron chi connectivity index (χ2n) is 2.32. The van der Waals surface area contributed by atoms with Crippen molar-refractivity contribution in [2.45, 2.75) is 13.8 Å². The molecule has 0 radical (unpaired) electrons. The lowest BCUT2D eigenvalue weighted by Crippen LogP contribution is -1.98. The van der Waals surface area contributed by atoms with Crippen molar-refractivity contribution in [3.63, 3.8) is 0 Å². The van der Waals surface area contributed by atoms with Crippen molar-refractivity contribution in [3.8, 4) is 5.88 Å². The van der Waals surface area contributed by atoms with E-state index >= 15 is 0 Å². The molecular weight excluding hydrogens is 152 g/mol. The maximum atomic E-state index is 5.18. The molecule has 0 aliphatic heterocycles. The minimum atomic E-state index is 0.554. The van der Waals surface area contributed by atoms with Crippen molar-refractivity contribution in [2.24, 2.45) is 0 Å². The van der Waals surface area contributed by atoms with E-state index in [2.05, 4.69) is 16.5 Å². The van der Waals surface area contributed by atoms with Gasteiger partial charge < -0.3 is 4.74 Å². The van der Waals surface area contributed by atoms with E-state index in [1.165, 1.54) is 0 Å². The number of hydrogen-bond donors (Lipinski definition) is 0. The Morgan fingerprint density at radius 2 is 2.42 bits per heavy atom. The zero-order valence-electron chi connectivity index (χ0n) is 7.37. The summed E-state index contributed by atoms with van der Waals surface area (Å²) < 4.78 is 5.18. The smallest absolute Gasteiger partial charge is 0.232 e. The van der Waals surface area contributed by atoms with Gasteiger partial charge >= 0.3 is 0 Å². The van der Waals surface area contributed by atoms with E-state index < -0.39 is 0 Å². The van der Waals surface area contributed by atoms with Crippen LogP contribution >= 0.6 is 0 Å². The van der Waals surface area contributed by atoms with Crippen LogP contribution in [0.25, 0.3) is 6.08 Å². The van der Waals surface area contributed by atoms with Crippen LogP contribution in [0.1, 0.15) is 18.3 Å². The molecule has 0 bridgehead atoms. The second-order valence-corrected chi connectivity index (χ2v) is 2.32. The molecule has 0 aliphatic rings. The van der Waals surface area contributed by atoms with Gasteiger partial charge in [-0.3, -0.25) is 4.98 Å². The molecule has 0 fully saturated rings. The third kappa shape index (κ3) is 1.81.